The van der Waals surface area contributed by atoms with Gasteiger partial charge in [-0.3, -0.25) is 15.1 Å². The van der Waals surface area contributed by atoms with Crippen LogP contribution in [0.1, 0.15) is 59.3 Å². The predicted molar refractivity (Wildman–Crippen MR) is 128 cm³/mol. The number of nitrogens with one attached hydrogen (secondary N) is 2. The number of hydrazone groups is 1. The van der Waals surface area contributed by atoms with Crippen molar-refractivity contribution in [1.29, 1.82) is 5.26 Å². The molecule has 2 aliphatic rings. The minimum atomic E-state index is -0.450. The van der Waals surface area contributed by atoms with Crippen molar-refractivity contribution >= 4 is 23.3 Å². The lowest BCUT2D eigenvalue weighted by molar-refractivity contribution is 0.102. The van der Waals surface area contributed by atoms with Crippen LogP contribution in [0.2, 0.25) is 0 Å². The summed E-state index contributed by atoms with van der Waals surface area (Å²) in [6, 6.07) is 11.7. The number of hydrogen-bond acceptors (Lipinski definition) is 9. The number of anilines is 2. The van der Waals surface area contributed by atoms with Crippen LogP contribution < -0.4 is 15.1 Å². The number of tetrazole rings is 1. The first-order valence-corrected chi connectivity index (χ1v) is 11.5. The van der Waals surface area contributed by atoms with Crippen molar-refractivity contribution in [1.82, 2.24) is 25.6 Å². The van der Waals surface area contributed by atoms with Gasteiger partial charge in [0.25, 0.3) is 11.9 Å². The third-order valence-corrected chi connectivity index (χ3v) is 6.65. The summed E-state index contributed by atoms with van der Waals surface area (Å²) < 4.78 is 5.43. The molecule has 0 radical (unpaired) electrons. The zero-order valence-electron chi connectivity index (χ0n) is 19.5. The second-order valence-electron chi connectivity index (χ2n) is 8.76. The maximum absolute atomic E-state index is 12.7. The quantitative estimate of drug-likeness (QED) is 0.557. The van der Waals surface area contributed by atoms with Gasteiger partial charge in [-0.15, -0.1) is 5.10 Å². The van der Waals surface area contributed by atoms with Crippen LogP contribution in [0.15, 0.2) is 35.4 Å². The third kappa shape index (κ3) is 4.42. The van der Waals surface area contributed by atoms with Gasteiger partial charge in [-0.2, -0.15) is 15.6 Å². The molecule has 1 aliphatic carbocycles. The van der Waals surface area contributed by atoms with E-state index in [1.807, 2.05) is 25.1 Å². The molecule has 1 fully saturated rings. The van der Waals surface area contributed by atoms with Gasteiger partial charge in [-0.05, 0) is 66.8 Å². The number of nitriles is 1. The first-order chi connectivity index (χ1) is 17.1. The van der Waals surface area contributed by atoms with Gasteiger partial charge in [-0.1, -0.05) is 17.9 Å². The van der Waals surface area contributed by atoms with E-state index < -0.39 is 5.91 Å². The molecule has 3 aromatic rings. The average molecular weight is 472 g/mol. The Morgan fingerprint density at radius 1 is 1.26 bits per heavy atom. The maximum atomic E-state index is 12.7. The fraction of sp³-hybridized carbons (Fsp3) is 0.375. The molecule has 2 N–H and O–H groups in total. The van der Waals surface area contributed by atoms with E-state index in [-0.39, 0.29) is 23.4 Å². The molecule has 5 rings (SSSR count). The SMILES string of the molecule is COc1nc(C2=NN(c3ccc(C#N)c(C)c3)[C@@H](C3CCCC3)C2)ccc1C(=O)Nc1nn[nH]n1. The van der Waals surface area contributed by atoms with E-state index in [1.54, 1.807) is 12.1 Å². The van der Waals surface area contributed by atoms with Crippen LogP contribution in [0, 0.1) is 24.2 Å². The van der Waals surface area contributed by atoms with Crippen LogP contribution in [0.3, 0.4) is 0 Å². The number of pyridine rings is 1. The van der Waals surface area contributed by atoms with E-state index in [2.05, 4.69) is 42.0 Å². The van der Waals surface area contributed by atoms with Crippen LogP contribution >= 0.6 is 0 Å². The van der Waals surface area contributed by atoms with Crippen LogP contribution in [0.5, 0.6) is 5.88 Å². The number of carbonyl (C=O) groups excluding carboxylic acids is 1. The van der Waals surface area contributed by atoms with Crippen molar-refractivity contribution in [3.05, 3.63) is 52.7 Å². The third-order valence-electron chi connectivity index (χ3n) is 6.65. The Labute approximate surface area is 202 Å². The molecule has 1 saturated carbocycles. The second kappa shape index (κ2) is 9.50. The molecule has 0 bridgehead atoms. The van der Waals surface area contributed by atoms with Gasteiger partial charge < -0.3 is 4.74 Å². The number of aryl methyl sites for hydroxylation is 1. The summed E-state index contributed by atoms with van der Waals surface area (Å²) in [6.45, 7) is 1.94. The Balaban J connectivity index is 1.46. The highest BCUT2D eigenvalue weighted by Gasteiger charge is 2.37. The number of H-pyrrole nitrogens is 1. The molecule has 0 unspecified atom stereocenters. The number of ether oxygens (including phenoxy) is 1. The fourth-order valence-electron chi connectivity index (χ4n) is 4.87. The Hall–Kier alpha value is -4.33. The zero-order chi connectivity index (χ0) is 24.4. The molecule has 35 heavy (non-hydrogen) atoms. The number of rotatable bonds is 6. The molecule has 1 amide bonds. The fourth-order valence-corrected chi connectivity index (χ4v) is 4.87. The van der Waals surface area contributed by atoms with Gasteiger partial charge in [0.2, 0.25) is 5.88 Å². The second-order valence-corrected chi connectivity index (χ2v) is 8.76. The van der Waals surface area contributed by atoms with Crippen molar-refractivity contribution in [3.8, 4) is 11.9 Å². The molecule has 3 heterocycles. The van der Waals surface area contributed by atoms with Gasteiger partial charge in [0.05, 0.1) is 41.9 Å². The molecule has 11 nitrogen and oxygen atoms in total. The molecule has 2 aromatic heterocycles. The summed E-state index contributed by atoms with van der Waals surface area (Å²) in [4.78, 5) is 17.3. The molecule has 1 atom stereocenters. The minimum Gasteiger partial charge on any atom is -0.480 e. The van der Waals surface area contributed by atoms with Gasteiger partial charge in [0.1, 0.15) is 5.56 Å². The van der Waals surface area contributed by atoms with Gasteiger partial charge in [0.15, 0.2) is 0 Å². The summed E-state index contributed by atoms with van der Waals surface area (Å²) in [6.07, 6.45) is 5.55. The first-order valence-electron chi connectivity index (χ1n) is 11.5. The van der Waals surface area contributed by atoms with E-state index in [4.69, 9.17) is 9.84 Å². The van der Waals surface area contributed by atoms with E-state index in [0.717, 1.165) is 23.4 Å². The molecule has 0 spiro atoms. The van der Waals surface area contributed by atoms with Crippen LogP contribution in [0.4, 0.5) is 11.6 Å². The minimum absolute atomic E-state index is 0.0639. The maximum Gasteiger partial charge on any atom is 0.270 e. The molecular formula is C24H25N9O2. The number of amides is 1. The summed E-state index contributed by atoms with van der Waals surface area (Å²) >= 11 is 0. The summed E-state index contributed by atoms with van der Waals surface area (Å²) in [5, 5.41) is 32.1. The molecular weight excluding hydrogens is 446 g/mol. The number of aromatic amines is 1. The predicted octanol–water partition coefficient (Wildman–Crippen LogP) is 3.21. The van der Waals surface area contributed by atoms with Gasteiger partial charge >= 0.3 is 0 Å². The van der Waals surface area contributed by atoms with Crippen LogP contribution in [-0.4, -0.2) is 50.4 Å². The molecule has 1 aromatic carbocycles. The van der Waals surface area contributed by atoms with E-state index >= 15 is 0 Å². The zero-order valence-corrected chi connectivity index (χ0v) is 19.5. The van der Waals surface area contributed by atoms with E-state index in [0.29, 0.717) is 17.2 Å². The van der Waals surface area contributed by atoms with Crippen molar-refractivity contribution in [3.63, 3.8) is 0 Å². The lowest BCUT2D eigenvalue weighted by Crippen LogP contribution is -2.32. The van der Waals surface area contributed by atoms with Crippen molar-refractivity contribution in [2.24, 2.45) is 11.0 Å². The molecule has 1 aliphatic heterocycles. The Kier molecular flexibility index (Phi) is 6.10. The highest BCUT2D eigenvalue weighted by Crippen LogP contribution is 2.38. The smallest absolute Gasteiger partial charge is 0.270 e. The summed E-state index contributed by atoms with van der Waals surface area (Å²) in [7, 11) is 1.47. The molecule has 11 heteroatoms. The topological polar surface area (TPSA) is 145 Å². The largest absolute Gasteiger partial charge is 0.480 e. The molecule has 0 saturated heterocycles. The lowest BCUT2D eigenvalue weighted by atomic mass is 9.92. The number of nitrogens with zero attached hydrogens (tertiary/aromatic N) is 7. The lowest BCUT2D eigenvalue weighted by Gasteiger charge is -2.28. The average Bonchev–Trinajstić information content (AvgIpc) is 3.65. The number of aromatic nitrogens is 5. The van der Waals surface area contributed by atoms with E-state index in [9.17, 15) is 10.1 Å². The van der Waals surface area contributed by atoms with Crippen molar-refractivity contribution in [2.75, 3.05) is 17.4 Å². The number of methoxy groups -OCH3 is 1. The highest BCUT2D eigenvalue weighted by atomic mass is 16.5. The van der Waals surface area contributed by atoms with Crippen molar-refractivity contribution < 1.29 is 9.53 Å². The summed E-state index contributed by atoms with van der Waals surface area (Å²) in [5.74, 6) is 0.341. The first kappa shape index (κ1) is 22.5. The normalized spacial score (nSPS) is 17.8. The number of hydrogen-bond donors (Lipinski definition) is 2. The monoisotopic (exact) mass is 471 g/mol. The van der Waals surface area contributed by atoms with Crippen LogP contribution in [0.25, 0.3) is 0 Å². The highest BCUT2D eigenvalue weighted by molar-refractivity contribution is 6.06. The molecule has 178 valence electrons. The Morgan fingerprint density at radius 3 is 2.77 bits per heavy atom. The summed E-state index contributed by atoms with van der Waals surface area (Å²) in [5.41, 5.74) is 4.32. The number of benzene rings is 1. The van der Waals surface area contributed by atoms with Gasteiger partial charge in [-0.25, -0.2) is 4.98 Å². The van der Waals surface area contributed by atoms with E-state index in [1.165, 1.54) is 32.8 Å². The van der Waals surface area contributed by atoms with Gasteiger partial charge in [0, 0.05) is 6.42 Å². The Morgan fingerprint density at radius 2 is 2.09 bits per heavy atom. The van der Waals surface area contributed by atoms with Crippen molar-refractivity contribution in [2.45, 2.75) is 45.1 Å². The Bertz CT molecular complexity index is 1310. The number of carbonyl (C=O) groups is 1. The standard InChI is InChI=1S/C24H25N9O2/c1-14-11-17(8-7-16(14)13-25)33-21(15-5-3-4-6-15)12-20(30-33)19-10-9-18(23(26-19)35-2)22(34)27-24-28-31-32-29-24/h7-11,15,21H,3-6,12H2,1-2H3,(H2,27,28,29,31,32,34)/t21-/m1/s1. The van der Waals surface area contributed by atoms with Crippen LogP contribution in [-0.2, 0) is 0 Å².